The maximum absolute atomic E-state index is 13.5. The topological polar surface area (TPSA) is 175 Å². The first-order valence-corrected chi connectivity index (χ1v) is 14.0. The highest BCUT2D eigenvalue weighted by molar-refractivity contribution is 6.61. The molecule has 13 heteroatoms. The third-order valence-electron chi connectivity index (χ3n) is 8.35. The van der Waals surface area contributed by atoms with Crippen molar-refractivity contribution in [3.05, 3.63) is 122 Å². The fraction of sp³-hybridized carbons (Fsp3) is 0.156. The Morgan fingerprint density at radius 2 is 1.58 bits per heavy atom. The van der Waals surface area contributed by atoms with Gasteiger partial charge in [0, 0.05) is 52.9 Å². The zero-order chi connectivity index (χ0) is 31.5. The van der Waals surface area contributed by atoms with Crippen LogP contribution in [0.4, 0.5) is 16.2 Å². The minimum atomic E-state index is -1.28. The lowest BCUT2D eigenvalue weighted by molar-refractivity contribution is -0.384. The number of benzene rings is 4. The van der Waals surface area contributed by atoms with Crippen molar-refractivity contribution in [1.82, 2.24) is 0 Å². The molecule has 1 aliphatic heterocycles. The van der Waals surface area contributed by atoms with Crippen LogP contribution in [0.25, 0.3) is 0 Å². The number of hydrogen-bond donors (Lipinski definition) is 3. The molecule has 12 nitrogen and oxygen atoms in total. The molecule has 7 rings (SSSR count). The number of aromatic hydroxyl groups is 2. The van der Waals surface area contributed by atoms with E-state index in [4.69, 9.17) is 14.0 Å². The third kappa shape index (κ3) is 4.69. The van der Waals surface area contributed by atoms with Gasteiger partial charge in [-0.05, 0) is 17.6 Å². The summed E-state index contributed by atoms with van der Waals surface area (Å²) >= 11 is 0. The van der Waals surface area contributed by atoms with E-state index in [2.05, 4.69) is 5.32 Å². The summed E-state index contributed by atoms with van der Waals surface area (Å²) in [7, 11) is -0.963. The molecular weight excluding hydrogens is 583 g/mol. The average molecular weight is 606 g/mol. The average Bonchev–Trinajstić information content (AvgIpc) is 3.04. The monoisotopic (exact) mass is 606 g/mol. The normalized spacial score (nSPS) is 19.6. The zero-order valence-corrected chi connectivity index (χ0v) is 23.4. The molecule has 1 saturated heterocycles. The van der Waals surface area contributed by atoms with E-state index >= 15 is 0 Å². The van der Waals surface area contributed by atoms with Gasteiger partial charge in [-0.15, -0.1) is 0 Å². The number of carbonyl (C=O) groups is 3. The van der Waals surface area contributed by atoms with Gasteiger partial charge in [-0.2, -0.15) is 0 Å². The van der Waals surface area contributed by atoms with Gasteiger partial charge in [0.2, 0.25) is 0 Å². The number of ether oxygens (including phenoxy) is 1. The van der Waals surface area contributed by atoms with Gasteiger partial charge in [0.25, 0.3) is 5.69 Å². The molecule has 45 heavy (non-hydrogen) atoms. The van der Waals surface area contributed by atoms with Gasteiger partial charge >= 0.3 is 13.2 Å². The maximum atomic E-state index is 13.5. The van der Waals surface area contributed by atoms with E-state index in [0.29, 0.717) is 5.46 Å². The van der Waals surface area contributed by atoms with E-state index in [9.17, 15) is 34.7 Å². The number of rotatable bonds is 5. The first kappa shape index (κ1) is 28.3. The summed E-state index contributed by atoms with van der Waals surface area (Å²) in [5.41, 5.74) is -0.548. The van der Waals surface area contributed by atoms with Crippen molar-refractivity contribution in [2.24, 2.45) is 0 Å². The molecule has 1 fully saturated rings. The van der Waals surface area contributed by atoms with Crippen molar-refractivity contribution in [1.29, 1.82) is 0 Å². The first-order chi connectivity index (χ1) is 21.7. The molecule has 0 spiro atoms. The van der Waals surface area contributed by atoms with Crippen molar-refractivity contribution in [3.63, 3.8) is 0 Å². The minimum absolute atomic E-state index is 0.0820. The van der Waals surface area contributed by atoms with E-state index in [0.717, 1.165) is 0 Å². The largest absolute Gasteiger partial charge is 0.507 e. The van der Waals surface area contributed by atoms with Crippen molar-refractivity contribution < 1.29 is 43.6 Å². The summed E-state index contributed by atoms with van der Waals surface area (Å²) in [6, 6.07) is 20.4. The molecule has 1 amide bonds. The van der Waals surface area contributed by atoms with Crippen molar-refractivity contribution >= 4 is 41.6 Å². The standard InChI is InChI=1S/C32H23BN2O10/c36-27-20-8-4-5-9-21(20)28(37)26-25(27)29(38)22-14-32(16-43-31(40)34-18-10-12-19(13-11-18)35(41)42)15-23(24(22)30(26)39)44-33(45-32)17-6-2-1-3-7-17/h1-13,23,38-39H,14-16H2,(H,34,40)/t23-,32-/m0/s1. The Morgan fingerprint density at radius 3 is 2.22 bits per heavy atom. The number of phenols is 2. The fourth-order valence-electron chi connectivity index (χ4n) is 6.27. The van der Waals surface area contributed by atoms with Gasteiger partial charge in [0.15, 0.2) is 11.6 Å². The highest BCUT2D eigenvalue weighted by atomic mass is 16.6. The predicted octanol–water partition coefficient (Wildman–Crippen LogP) is 4.20. The highest BCUT2D eigenvalue weighted by Gasteiger charge is 2.53. The number of ketones is 2. The molecule has 4 aromatic rings. The Morgan fingerprint density at radius 1 is 0.956 bits per heavy atom. The number of anilines is 1. The second kappa shape index (κ2) is 10.6. The number of nitrogens with one attached hydrogen (secondary N) is 1. The summed E-state index contributed by atoms with van der Waals surface area (Å²) in [5.74, 6) is -2.12. The summed E-state index contributed by atoms with van der Waals surface area (Å²) in [4.78, 5) is 50.2. The number of hydrogen-bond acceptors (Lipinski definition) is 10. The first-order valence-electron chi connectivity index (χ1n) is 14.0. The van der Waals surface area contributed by atoms with Crippen LogP contribution < -0.4 is 10.8 Å². The van der Waals surface area contributed by atoms with Crippen molar-refractivity contribution in [3.8, 4) is 11.5 Å². The van der Waals surface area contributed by atoms with Gasteiger partial charge in [-0.1, -0.05) is 54.6 Å². The molecule has 2 atom stereocenters. The van der Waals surface area contributed by atoms with Crippen LogP contribution in [-0.4, -0.2) is 52.1 Å². The van der Waals surface area contributed by atoms with Crippen LogP contribution >= 0.6 is 0 Å². The zero-order valence-electron chi connectivity index (χ0n) is 23.4. The van der Waals surface area contributed by atoms with Crippen LogP contribution in [0.5, 0.6) is 11.5 Å². The lowest BCUT2D eigenvalue weighted by atomic mass is 9.68. The Bertz CT molecular complexity index is 1910. The van der Waals surface area contributed by atoms with Gasteiger partial charge < -0.3 is 24.3 Å². The van der Waals surface area contributed by atoms with Crippen molar-refractivity contribution in [2.75, 3.05) is 11.9 Å². The SMILES string of the molecule is O=C(Nc1ccc([N+](=O)[O-])cc1)OC[C@]12Cc3c(O)c4c(c(O)c3[C@H](C1)OB(c1ccccc1)O2)C(=O)c1ccccc1C4=O. The summed E-state index contributed by atoms with van der Waals surface area (Å²) in [5, 5.41) is 36.6. The smallest absolute Gasteiger partial charge is 0.494 e. The third-order valence-corrected chi connectivity index (χ3v) is 8.35. The number of fused-ring (bicyclic) bond motifs is 6. The quantitative estimate of drug-likeness (QED) is 0.114. The Balaban J connectivity index is 1.25. The van der Waals surface area contributed by atoms with Crippen LogP contribution in [0.1, 0.15) is 55.5 Å². The number of carbonyl (C=O) groups excluding carboxylic acids is 3. The molecule has 2 bridgehead atoms. The van der Waals surface area contributed by atoms with E-state index < -0.39 is 52.9 Å². The molecule has 1 heterocycles. The molecular formula is C32H23BN2O10. The minimum Gasteiger partial charge on any atom is -0.507 e. The summed E-state index contributed by atoms with van der Waals surface area (Å²) in [6.07, 6.45) is -1.78. The van der Waals surface area contributed by atoms with Crippen LogP contribution in [0, 0.1) is 10.1 Å². The lowest BCUT2D eigenvalue weighted by Crippen LogP contribution is -2.58. The molecule has 4 aromatic carbocycles. The molecule has 224 valence electrons. The number of nitrogens with zero attached hydrogens (tertiary/aromatic N) is 1. The summed E-state index contributed by atoms with van der Waals surface area (Å²) in [6.45, 7) is -0.318. The van der Waals surface area contributed by atoms with E-state index in [-0.39, 0.29) is 64.2 Å². The van der Waals surface area contributed by atoms with Gasteiger partial charge in [-0.3, -0.25) is 25.0 Å². The number of nitro benzene ring substituents is 1. The lowest BCUT2D eigenvalue weighted by Gasteiger charge is -2.48. The Kier molecular flexibility index (Phi) is 6.64. The van der Waals surface area contributed by atoms with Gasteiger partial charge in [-0.25, -0.2) is 4.79 Å². The van der Waals surface area contributed by atoms with Gasteiger partial charge in [0.05, 0.1) is 27.8 Å². The number of non-ortho nitro benzene ring substituents is 1. The Labute approximate surface area is 255 Å². The second-order valence-electron chi connectivity index (χ2n) is 11.1. The molecule has 3 aliphatic rings. The van der Waals surface area contributed by atoms with E-state index in [1.54, 1.807) is 36.4 Å². The van der Waals surface area contributed by atoms with E-state index in [1.165, 1.54) is 36.4 Å². The molecule has 3 N–H and O–H groups in total. The highest BCUT2D eigenvalue weighted by Crippen LogP contribution is 2.53. The fourth-order valence-corrected chi connectivity index (χ4v) is 6.27. The Hall–Kier alpha value is -5.53. The molecule has 0 aromatic heterocycles. The van der Waals surface area contributed by atoms with Crippen LogP contribution in [0.15, 0.2) is 78.9 Å². The summed E-state index contributed by atoms with van der Waals surface area (Å²) < 4.78 is 18.3. The molecule has 0 radical (unpaired) electrons. The van der Waals surface area contributed by atoms with Crippen LogP contribution in [-0.2, 0) is 20.5 Å². The van der Waals surface area contributed by atoms with E-state index in [1.807, 2.05) is 6.07 Å². The predicted molar refractivity (Wildman–Crippen MR) is 159 cm³/mol. The molecule has 0 unspecified atom stereocenters. The molecule has 0 saturated carbocycles. The number of amides is 1. The van der Waals surface area contributed by atoms with Gasteiger partial charge in [0.1, 0.15) is 18.1 Å². The number of phenolic OH excluding ortho intramolecular Hbond substituents is 2. The van der Waals surface area contributed by atoms with Crippen LogP contribution in [0.3, 0.4) is 0 Å². The number of nitro groups is 1. The van der Waals surface area contributed by atoms with Crippen LogP contribution in [0.2, 0.25) is 0 Å². The molecule has 2 aliphatic carbocycles. The van der Waals surface area contributed by atoms with Crippen molar-refractivity contribution in [2.45, 2.75) is 24.5 Å². The maximum Gasteiger partial charge on any atom is 0.494 e. The second-order valence-corrected chi connectivity index (χ2v) is 11.1.